The summed E-state index contributed by atoms with van der Waals surface area (Å²) in [4.78, 5) is 14.3. The molecule has 3 N–H and O–H groups in total. The Morgan fingerprint density at radius 2 is 2.05 bits per heavy atom. The van der Waals surface area contributed by atoms with Crippen LogP contribution in [0.3, 0.4) is 0 Å². The van der Waals surface area contributed by atoms with E-state index < -0.39 is 5.91 Å². The van der Waals surface area contributed by atoms with E-state index in [4.69, 9.17) is 18.0 Å². The predicted molar refractivity (Wildman–Crippen MR) is 78.2 cm³/mol. The lowest BCUT2D eigenvalue weighted by Gasteiger charge is -2.21. The first-order valence-corrected chi connectivity index (χ1v) is 6.42. The Morgan fingerprint density at radius 3 is 2.63 bits per heavy atom. The monoisotopic (exact) mass is 275 g/mol. The SMILES string of the molecule is CC(C)(C)c1c[nH]c(=S)n1-c1cccc(C(N)=O)c1. The van der Waals surface area contributed by atoms with Crippen LogP contribution in [0.25, 0.3) is 5.69 Å². The average Bonchev–Trinajstić information content (AvgIpc) is 2.71. The van der Waals surface area contributed by atoms with Gasteiger partial charge in [0.15, 0.2) is 4.77 Å². The molecule has 1 aromatic heterocycles. The summed E-state index contributed by atoms with van der Waals surface area (Å²) in [6.07, 6.45) is 1.90. The highest BCUT2D eigenvalue weighted by Gasteiger charge is 2.20. The minimum atomic E-state index is -0.443. The van der Waals surface area contributed by atoms with Gasteiger partial charge in [0.05, 0.1) is 0 Å². The number of aromatic nitrogens is 2. The van der Waals surface area contributed by atoms with Crippen LogP contribution < -0.4 is 5.73 Å². The molecule has 0 atom stereocenters. The topological polar surface area (TPSA) is 63.8 Å². The Morgan fingerprint density at radius 1 is 1.37 bits per heavy atom. The first-order valence-electron chi connectivity index (χ1n) is 6.02. The lowest BCUT2D eigenvalue weighted by molar-refractivity contribution is 0.100. The highest BCUT2D eigenvalue weighted by atomic mass is 32.1. The van der Waals surface area contributed by atoms with Crippen molar-refractivity contribution < 1.29 is 4.79 Å². The number of hydrogen-bond donors (Lipinski definition) is 2. The third-order valence-corrected chi connectivity index (χ3v) is 3.23. The van der Waals surface area contributed by atoms with Gasteiger partial charge in [-0.2, -0.15) is 0 Å². The van der Waals surface area contributed by atoms with E-state index in [1.165, 1.54) is 0 Å². The van der Waals surface area contributed by atoms with Gasteiger partial charge in [0.1, 0.15) is 0 Å². The van der Waals surface area contributed by atoms with Crippen molar-refractivity contribution in [3.63, 3.8) is 0 Å². The second-order valence-electron chi connectivity index (χ2n) is 5.48. The fraction of sp³-hybridized carbons (Fsp3) is 0.286. The normalized spacial score (nSPS) is 11.5. The van der Waals surface area contributed by atoms with E-state index in [0.29, 0.717) is 10.3 Å². The lowest BCUT2D eigenvalue weighted by Crippen LogP contribution is -2.17. The molecule has 1 heterocycles. The molecule has 0 aliphatic rings. The van der Waals surface area contributed by atoms with Crippen LogP contribution in [0.15, 0.2) is 30.5 Å². The highest BCUT2D eigenvalue weighted by molar-refractivity contribution is 7.71. The van der Waals surface area contributed by atoms with Crippen molar-refractivity contribution in [2.45, 2.75) is 26.2 Å². The molecule has 0 aliphatic carbocycles. The summed E-state index contributed by atoms with van der Waals surface area (Å²) in [5.41, 5.74) is 7.62. The Bertz CT molecular complexity index is 676. The van der Waals surface area contributed by atoms with Crippen LogP contribution in [0.4, 0.5) is 0 Å². The van der Waals surface area contributed by atoms with Crippen molar-refractivity contribution in [2.24, 2.45) is 5.73 Å². The molecule has 2 rings (SSSR count). The number of primary amides is 1. The Labute approximate surface area is 117 Å². The number of carbonyl (C=O) groups is 1. The summed E-state index contributed by atoms with van der Waals surface area (Å²) in [6.45, 7) is 6.33. The number of nitrogens with one attached hydrogen (secondary N) is 1. The summed E-state index contributed by atoms with van der Waals surface area (Å²) in [5.74, 6) is -0.443. The number of aromatic amines is 1. The van der Waals surface area contributed by atoms with E-state index >= 15 is 0 Å². The molecule has 100 valence electrons. The van der Waals surface area contributed by atoms with Crippen LogP contribution in [0, 0.1) is 4.77 Å². The second-order valence-corrected chi connectivity index (χ2v) is 5.87. The third kappa shape index (κ3) is 2.61. The van der Waals surface area contributed by atoms with Crippen molar-refractivity contribution >= 4 is 18.1 Å². The Hall–Kier alpha value is -1.88. The van der Waals surface area contributed by atoms with Crippen molar-refractivity contribution in [1.29, 1.82) is 0 Å². The molecule has 0 saturated heterocycles. The van der Waals surface area contributed by atoms with Gasteiger partial charge in [0.25, 0.3) is 0 Å². The molecule has 1 amide bonds. The van der Waals surface area contributed by atoms with Crippen molar-refractivity contribution in [2.75, 3.05) is 0 Å². The lowest BCUT2D eigenvalue weighted by atomic mass is 9.92. The first-order chi connectivity index (χ1) is 8.80. The van der Waals surface area contributed by atoms with Crippen LogP contribution in [-0.2, 0) is 5.41 Å². The number of imidazole rings is 1. The minimum absolute atomic E-state index is 0.0592. The van der Waals surface area contributed by atoms with E-state index in [1.807, 2.05) is 16.8 Å². The van der Waals surface area contributed by atoms with Crippen LogP contribution >= 0.6 is 12.2 Å². The van der Waals surface area contributed by atoms with Crippen LogP contribution in [0.1, 0.15) is 36.8 Å². The quantitative estimate of drug-likeness (QED) is 0.828. The first kappa shape index (κ1) is 13.5. The standard InChI is InChI=1S/C14H17N3OS/c1-14(2,3)11-8-16-13(19)17(11)10-6-4-5-9(7-10)12(15)18/h4-8H,1-3H3,(H2,15,18)(H,16,19). The maximum absolute atomic E-state index is 11.3. The molecule has 0 aliphatic heterocycles. The molecule has 0 saturated carbocycles. The van der Waals surface area contributed by atoms with Crippen LogP contribution in [-0.4, -0.2) is 15.5 Å². The van der Waals surface area contributed by atoms with Crippen LogP contribution in [0.5, 0.6) is 0 Å². The van der Waals surface area contributed by atoms with Crippen molar-refractivity contribution in [1.82, 2.24) is 9.55 Å². The summed E-state index contributed by atoms with van der Waals surface area (Å²) in [6, 6.07) is 7.15. The Kier molecular flexibility index (Phi) is 3.32. The summed E-state index contributed by atoms with van der Waals surface area (Å²) < 4.78 is 2.54. The largest absolute Gasteiger partial charge is 0.366 e. The van der Waals surface area contributed by atoms with E-state index in [-0.39, 0.29) is 5.41 Å². The molecule has 0 unspecified atom stereocenters. The summed E-state index contributed by atoms with van der Waals surface area (Å²) >= 11 is 5.32. The molecule has 1 aromatic carbocycles. The second kappa shape index (κ2) is 4.66. The van der Waals surface area contributed by atoms with Gasteiger partial charge in [-0.05, 0) is 30.4 Å². The van der Waals surface area contributed by atoms with E-state index in [1.54, 1.807) is 18.2 Å². The fourth-order valence-electron chi connectivity index (χ4n) is 1.98. The number of nitrogens with zero attached hydrogens (tertiary/aromatic N) is 1. The number of benzene rings is 1. The maximum atomic E-state index is 11.3. The fourth-order valence-corrected chi connectivity index (χ4v) is 2.24. The van der Waals surface area contributed by atoms with Gasteiger partial charge < -0.3 is 10.7 Å². The summed E-state index contributed by atoms with van der Waals surface area (Å²) in [5, 5.41) is 0. The summed E-state index contributed by atoms with van der Waals surface area (Å²) in [7, 11) is 0. The molecule has 4 nitrogen and oxygen atoms in total. The van der Waals surface area contributed by atoms with Crippen molar-refractivity contribution in [3.8, 4) is 5.69 Å². The van der Waals surface area contributed by atoms with Gasteiger partial charge in [-0.15, -0.1) is 0 Å². The molecule has 0 bridgehead atoms. The average molecular weight is 275 g/mol. The Balaban J connectivity index is 2.66. The molecule has 5 heteroatoms. The van der Waals surface area contributed by atoms with Gasteiger partial charge in [0.2, 0.25) is 5.91 Å². The number of rotatable bonds is 2. The van der Waals surface area contributed by atoms with Gasteiger partial charge in [-0.1, -0.05) is 26.8 Å². The predicted octanol–water partition coefficient (Wildman–Crippen LogP) is 2.93. The molecule has 0 fully saturated rings. The van der Waals surface area contributed by atoms with Crippen molar-refractivity contribution in [3.05, 3.63) is 46.5 Å². The molecular weight excluding hydrogens is 258 g/mol. The number of amides is 1. The number of nitrogens with two attached hydrogens (primary N) is 1. The smallest absolute Gasteiger partial charge is 0.248 e. The van der Waals surface area contributed by atoms with E-state index in [0.717, 1.165) is 11.4 Å². The maximum Gasteiger partial charge on any atom is 0.248 e. The minimum Gasteiger partial charge on any atom is -0.366 e. The molecule has 0 spiro atoms. The van der Waals surface area contributed by atoms with Gasteiger partial charge >= 0.3 is 0 Å². The van der Waals surface area contributed by atoms with E-state index in [2.05, 4.69) is 25.8 Å². The molecule has 19 heavy (non-hydrogen) atoms. The van der Waals surface area contributed by atoms with Gasteiger partial charge in [0, 0.05) is 28.6 Å². The van der Waals surface area contributed by atoms with Crippen LogP contribution in [0.2, 0.25) is 0 Å². The van der Waals surface area contributed by atoms with Gasteiger partial charge in [-0.25, -0.2) is 0 Å². The molecular formula is C14H17N3OS. The molecule has 2 aromatic rings. The zero-order valence-electron chi connectivity index (χ0n) is 11.2. The number of carbonyl (C=O) groups excluding carboxylic acids is 1. The third-order valence-electron chi connectivity index (χ3n) is 2.93. The zero-order valence-corrected chi connectivity index (χ0v) is 12.0. The van der Waals surface area contributed by atoms with Gasteiger partial charge in [-0.3, -0.25) is 9.36 Å². The molecule has 0 radical (unpaired) electrons. The number of H-pyrrole nitrogens is 1. The van der Waals surface area contributed by atoms with E-state index in [9.17, 15) is 4.79 Å². The highest BCUT2D eigenvalue weighted by Crippen LogP contribution is 2.25. The zero-order chi connectivity index (χ0) is 14.2. The number of hydrogen-bond acceptors (Lipinski definition) is 2.